The van der Waals surface area contributed by atoms with Gasteiger partial charge in [-0.3, -0.25) is 10.1 Å². The van der Waals surface area contributed by atoms with Crippen molar-refractivity contribution >= 4 is 22.4 Å². The first-order valence-corrected chi connectivity index (χ1v) is 9.45. The van der Waals surface area contributed by atoms with Crippen LogP contribution in [0.2, 0.25) is 0 Å². The molecule has 3 aromatic rings. The van der Waals surface area contributed by atoms with Gasteiger partial charge in [-0.15, -0.1) is 10.2 Å². The Kier molecular flexibility index (Phi) is 6.38. The molecule has 27 heavy (non-hydrogen) atoms. The average Bonchev–Trinajstić information content (AvgIpc) is 3.14. The molecule has 0 radical (unpaired) electrons. The minimum Gasteiger partial charge on any atom is -0.497 e. The first-order chi connectivity index (χ1) is 13.2. The highest BCUT2D eigenvalue weighted by molar-refractivity contribution is 7.15. The van der Waals surface area contributed by atoms with Gasteiger partial charge in [0.25, 0.3) is 5.91 Å². The van der Waals surface area contributed by atoms with Crippen LogP contribution in [0.4, 0.5) is 5.13 Å². The Bertz CT molecular complexity index is 876. The van der Waals surface area contributed by atoms with Gasteiger partial charge in [-0.1, -0.05) is 42.5 Å². The summed E-state index contributed by atoms with van der Waals surface area (Å²) in [5, 5.41) is 12.2. The zero-order chi connectivity index (χ0) is 19.1. The van der Waals surface area contributed by atoms with E-state index in [4.69, 9.17) is 9.47 Å². The van der Waals surface area contributed by atoms with Crippen molar-refractivity contribution in [3.8, 4) is 11.5 Å². The van der Waals surface area contributed by atoms with Gasteiger partial charge in [0.15, 0.2) is 6.61 Å². The maximum absolute atomic E-state index is 12.0. The summed E-state index contributed by atoms with van der Waals surface area (Å²) in [6, 6.07) is 15.5. The molecule has 1 amide bonds. The van der Waals surface area contributed by atoms with Crippen LogP contribution in [0.1, 0.15) is 23.1 Å². The minimum absolute atomic E-state index is 0.0706. The number of ether oxygens (including phenoxy) is 2. The molecule has 0 aliphatic rings. The second-order valence-electron chi connectivity index (χ2n) is 5.86. The Morgan fingerprint density at radius 3 is 2.33 bits per heavy atom. The number of nitrogens with one attached hydrogen (secondary N) is 1. The third kappa shape index (κ3) is 5.52. The number of amides is 1. The predicted molar refractivity (Wildman–Crippen MR) is 106 cm³/mol. The second kappa shape index (κ2) is 9.14. The number of anilines is 1. The molecule has 7 heteroatoms. The van der Waals surface area contributed by atoms with Gasteiger partial charge in [-0.2, -0.15) is 0 Å². The molecule has 2 aromatic carbocycles. The zero-order valence-corrected chi connectivity index (χ0v) is 16.1. The number of carbonyl (C=O) groups is 1. The van der Waals surface area contributed by atoms with Crippen molar-refractivity contribution in [1.82, 2.24) is 10.2 Å². The van der Waals surface area contributed by atoms with Gasteiger partial charge in [-0.05, 0) is 41.8 Å². The van der Waals surface area contributed by atoms with E-state index in [1.165, 1.54) is 16.9 Å². The van der Waals surface area contributed by atoms with E-state index in [0.717, 1.165) is 22.7 Å². The smallest absolute Gasteiger partial charge is 0.264 e. The normalized spacial score (nSPS) is 10.4. The predicted octanol–water partition coefficient (Wildman–Crippen LogP) is 3.72. The number of nitrogens with zero attached hydrogens (tertiary/aromatic N) is 2. The average molecular weight is 383 g/mol. The highest BCUT2D eigenvalue weighted by atomic mass is 32.1. The molecule has 1 N–H and O–H groups in total. The Labute approximate surface area is 162 Å². The number of hydrogen-bond donors (Lipinski definition) is 1. The van der Waals surface area contributed by atoms with Gasteiger partial charge in [0.1, 0.15) is 16.5 Å². The van der Waals surface area contributed by atoms with E-state index in [1.54, 1.807) is 7.11 Å². The van der Waals surface area contributed by atoms with Crippen LogP contribution in [-0.4, -0.2) is 29.8 Å². The molecule has 0 saturated heterocycles. The summed E-state index contributed by atoms with van der Waals surface area (Å²) in [5.74, 6) is 1.22. The molecule has 3 rings (SSSR count). The van der Waals surface area contributed by atoms with Gasteiger partial charge in [0, 0.05) is 6.42 Å². The number of hydrogen-bond acceptors (Lipinski definition) is 6. The zero-order valence-electron chi connectivity index (χ0n) is 15.3. The van der Waals surface area contributed by atoms with Crippen molar-refractivity contribution in [2.24, 2.45) is 0 Å². The molecule has 1 heterocycles. The number of aromatic nitrogens is 2. The Morgan fingerprint density at radius 1 is 1.00 bits per heavy atom. The highest BCUT2D eigenvalue weighted by Crippen LogP contribution is 2.20. The lowest BCUT2D eigenvalue weighted by Gasteiger charge is -2.06. The third-order valence-corrected chi connectivity index (χ3v) is 4.77. The summed E-state index contributed by atoms with van der Waals surface area (Å²) >= 11 is 1.35. The van der Waals surface area contributed by atoms with E-state index in [2.05, 4.69) is 22.4 Å². The summed E-state index contributed by atoms with van der Waals surface area (Å²) in [5.41, 5.74) is 2.33. The summed E-state index contributed by atoms with van der Waals surface area (Å²) in [4.78, 5) is 12.0. The topological polar surface area (TPSA) is 73.3 Å². The molecule has 140 valence electrons. The molecule has 0 atom stereocenters. The largest absolute Gasteiger partial charge is 0.497 e. The van der Waals surface area contributed by atoms with E-state index in [-0.39, 0.29) is 12.5 Å². The molecular weight excluding hydrogens is 362 g/mol. The van der Waals surface area contributed by atoms with Crippen LogP contribution in [0.25, 0.3) is 0 Å². The lowest BCUT2D eigenvalue weighted by atomic mass is 10.1. The van der Waals surface area contributed by atoms with E-state index in [9.17, 15) is 4.79 Å². The monoisotopic (exact) mass is 383 g/mol. The maximum Gasteiger partial charge on any atom is 0.264 e. The van der Waals surface area contributed by atoms with E-state index >= 15 is 0 Å². The summed E-state index contributed by atoms with van der Waals surface area (Å²) < 4.78 is 10.6. The molecule has 0 aliphatic carbocycles. The van der Waals surface area contributed by atoms with Crippen LogP contribution in [0.5, 0.6) is 11.5 Å². The van der Waals surface area contributed by atoms with Crippen molar-refractivity contribution < 1.29 is 14.3 Å². The number of aryl methyl sites for hydroxylation is 1. The van der Waals surface area contributed by atoms with Crippen LogP contribution in [0, 0.1) is 0 Å². The SMILES string of the molecule is CCc1ccc(OCC(=O)Nc2nnc(Cc3ccc(OC)cc3)s2)cc1. The standard InChI is InChI=1S/C20H21N3O3S/c1-3-14-4-10-17(11-5-14)26-13-18(24)21-20-23-22-19(27-20)12-15-6-8-16(25-2)9-7-15/h4-11H,3,12-13H2,1-2H3,(H,21,23,24). The number of methoxy groups -OCH3 is 1. The Hall–Kier alpha value is -2.93. The maximum atomic E-state index is 12.0. The quantitative estimate of drug-likeness (QED) is 0.642. The van der Waals surface area contributed by atoms with Crippen LogP contribution >= 0.6 is 11.3 Å². The fourth-order valence-corrected chi connectivity index (χ4v) is 3.21. The molecule has 0 bridgehead atoms. The van der Waals surface area contributed by atoms with Crippen molar-refractivity contribution in [3.05, 3.63) is 64.7 Å². The summed E-state index contributed by atoms with van der Waals surface area (Å²) in [7, 11) is 1.64. The van der Waals surface area contributed by atoms with Crippen molar-refractivity contribution in [1.29, 1.82) is 0 Å². The van der Waals surface area contributed by atoms with Gasteiger partial charge >= 0.3 is 0 Å². The van der Waals surface area contributed by atoms with Crippen LogP contribution < -0.4 is 14.8 Å². The molecule has 0 spiro atoms. The number of carbonyl (C=O) groups excluding carboxylic acids is 1. The lowest BCUT2D eigenvalue weighted by Crippen LogP contribution is -2.20. The van der Waals surface area contributed by atoms with Crippen molar-refractivity contribution in [2.45, 2.75) is 19.8 Å². The van der Waals surface area contributed by atoms with Gasteiger partial charge < -0.3 is 9.47 Å². The number of rotatable bonds is 8. The first-order valence-electron chi connectivity index (χ1n) is 8.63. The summed E-state index contributed by atoms with van der Waals surface area (Å²) in [6.45, 7) is 2.02. The van der Waals surface area contributed by atoms with Crippen LogP contribution in [-0.2, 0) is 17.6 Å². The summed E-state index contributed by atoms with van der Waals surface area (Å²) in [6.07, 6.45) is 1.62. The van der Waals surface area contributed by atoms with Gasteiger partial charge in [-0.25, -0.2) is 0 Å². The van der Waals surface area contributed by atoms with Crippen molar-refractivity contribution in [3.63, 3.8) is 0 Å². The highest BCUT2D eigenvalue weighted by Gasteiger charge is 2.10. The van der Waals surface area contributed by atoms with E-state index in [1.807, 2.05) is 48.5 Å². The fraction of sp³-hybridized carbons (Fsp3) is 0.250. The number of benzene rings is 2. The third-order valence-electron chi connectivity index (χ3n) is 3.93. The van der Waals surface area contributed by atoms with Gasteiger partial charge in [0.05, 0.1) is 7.11 Å². The lowest BCUT2D eigenvalue weighted by molar-refractivity contribution is -0.118. The molecular formula is C20H21N3O3S. The minimum atomic E-state index is -0.262. The molecule has 0 fully saturated rings. The van der Waals surface area contributed by atoms with Crippen LogP contribution in [0.3, 0.4) is 0 Å². The van der Waals surface area contributed by atoms with E-state index in [0.29, 0.717) is 17.3 Å². The molecule has 6 nitrogen and oxygen atoms in total. The molecule has 0 unspecified atom stereocenters. The fourth-order valence-electron chi connectivity index (χ4n) is 2.42. The Balaban J connectivity index is 1.49. The molecule has 1 aromatic heterocycles. The molecule has 0 saturated carbocycles. The van der Waals surface area contributed by atoms with Crippen molar-refractivity contribution in [2.75, 3.05) is 19.0 Å². The molecule has 0 aliphatic heterocycles. The Morgan fingerprint density at radius 2 is 1.67 bits per heavy atom. The van der Waals surface area contributed by atoms with E-state index < -0.39 is 0 Å². The second-order valence-corrected chi connectivity index (χ2v) is 6.92. The van der Waals surface area contributed by atoms with Crippen LogP contribution in [0.15, 0.2) is 48.5 Å². The first kappa shape index (κ1) is 18.8. The van der Waals surface area contributed by atoms with Gasteiger partial charge in [0.2, 0.25) is 5.13 Å².